The van der Waals surface area contributed by atoms with Crippen molar-refractivity contribution >= 4 is 93.1 Å². The molecule has 0 unspecified atom stereocenters. The number of fused-ring (bicyclic) bond motifs is 15. The molecule has 14 rings (SSSR count). The van der Waals surface area contributed by atoms with Crippen molar-refractivity contribution in [2.24, 2.45) is 0 Å². The molecule has 0 radical (unpaired) electrons. The van der Waals surface area contributed by atoms with Gasteiger partial charge in [0, 0.05) is 53.9 Å². The van der Waals surface area contributed by atoms with Gasteiger partial charge in [-0.25, -0.2) is 0 Å². The van der Waals surface area contributed by atoms with Crippen molar-refractivity contribution in [2.45, 2.75) is 77.0 Å². The molecule has 2 heterocycles. The minimum absolute atomic E-state index is 0.234. The average molecular weight is 991 g/mol. The molecule has 0 saturated heterocycles. The third kappa shape index (κ3) is 6.60. The summed E-state index contributed by atoms with van der Waals surface area (Å²) in [6, 6.07) is 74.9. The van der Waals surface area contributed by atoms with E-state index >= 15 is 0 Å². The Hall–Kier alpha value is -7.50. The third-order valence-corrected chi connectivity index (χ3v) is 19.2. The number of nitrogens with zero attached hydrogens (tertiary/aromatic N) is 2. The molecule has 4 heteroatoms. The molecule has 0 bridgehead atoms. The Morgan fingerprint density at radius 2 is 0.919 bits per heavy atom. The average Bonchev–Trinajstić information content (AvgIpc) is 4.18. The van der Waals surface area contributed by atoms with E-state index in [0.29, 0.717) is 11.8 Å². The second kappa shape index (κ2) is 17.0. The Morgan fingerprint density at radius 1 is 0.432 bits per heavy atom. The largest absolute Gasteiger partial charge is 0.309 e. The molecule has 0 aliphatic heterocycles. The maximum atomic E-state index is 2.58. The first-order valence-electron chi connectivity index (χ1n) is 26.5. The van der Waals surface area contributed by atoms with Crippen LogP contribution in [-0.4, -0.2) is 0 Å². The molecule has 2 aromatic heterocycles. The Balaban J connectivity index is 1.06. The van der Waals surface area contributed by atoms with Crippen LogP contribution in [0.15, 0.2) is 200 Å². The van der Waals surface area contributed by atoms with E-state index in [-0.39, 0.29) is 5.41 Å². The lowest BCUT2D eigenvalue weighted by atomic mass is 9.55. The van der Waals surface area contributed by atoms with E-state index in [1.54, 1.807) is 0 Å². The molecular formula is C70H58N2S2. The van der Waals surface area contributed by atoms with Gasteiger partial charge in [0.1, 0.15) is 0 Å². The normalized spacial score (nSPS) is 14.6. The first kappa shape index (κ1) is 45.1. The second-order valence-corrected chi connectivity index (χ2v) is 24.0. The van der Waals surface area contributed by atoms with Crippen molar-refractivity contribution in [1.29, 1.82) is 0 Å². The van der Waals surface area contributed by atoms with Crippen molar-refractivity contribution in [3.63, 3.8) is 0 Å². The van der Waals surface area contributed by atoms with Crippen molar-refractivity contribution in [1.82, 2.24) is 0 Å². The van der Waals surface area contributed by atoms with Gasteiger partial charge in [0.05, 0.1) is 26.2 Å². The lowest BCUT2D eigenvalue weighted by Crippen LogP contribution is -2.40. The molecule has 0 atom stereocenters. The van der Waals surface area contributed by atoms with Crippen LogP contribution in [0.25, 0.3) is 47.5 Å². The summed E-state index contributed by atoms with van der Waals surface area (Å²) in [4.78, 5) is 6.61. The summed E-state index contributed by atoms with van der Waals surface area (Å²) in [5.41, 5.74) is 20.9. The first-order valence-corrected chi connectivity index (χ1v) is 28.2. The van der Waals surface area contributed by atoms with Crippen LogP contribution in [0.1, 0.15) is 115 Å². The highest BCUT2D eigenvalue weighted by molar-refractivity contribution is 7.26. The van der Waals surface area contributed by atoms with Crippen LogP contribution >= 0.6 is 22.7 Å². The fraction of sp³-hybridized carbons (Fsp3) is 0.171. The van der Waals surface area contributed by atoms with Gasteiger partial charge in [-0.1, -0.05) is 181 Å². The first-order chi connectivity index (χ1) is 36.1. The zero-order valence-electron chi connectivity index (χ0n) is 42.9. The van der Waals surface area contributed by atoms with Crippen molar-refractivity contribution < 1.29 is 0 Å². The van der Waals surface area contributed by atoms with Gasteiger partial charge in [-0.15, -0.1) is 22.7 Å². The predicted molar refractivity (Wildman–Crippen MR) is 319 cm³/mol. The molecule has 3 aliphatic carbocycles. The lowest BCUT2D eigenvalue weighted by Gasteiger charge is -2.47. The fourth-order valence-electron chi connectivity index (χ4n) is 13.1. The van der Waals surface area contributed by atoms with Gasteiger partial charge in [0.25, 0.3) is 0 Å². The second-order valence-electron chi connectivity index (χ2n) is 21.9. The molecule has 74 heavy (non-hydrogen) atoms. The molecule has 9 aromatic carbocycles. The highest BCUT2D eigenvalue weighted by Gasteiger charge is 2.53. The summed E-state index contributed by atoms with van der Waals surface area (Å²) < 4.78 is 3.94. The highest BCUT2D eigenvalue weighted by Crippen LogP contribution is 2.64. The van der Waals surface area contributed by atoms with Crippen LogP contribution < -0.4 is 9.80 Å². The Kier molecular flexibility index (Phi) is 10.4. The van der Waals surface area contributed by atoms with Crippen molar-refractivity contribution in [2.75, 3.05) is 9.80 Å². The van der Waals surface area contributed by atoms with Crippen LogP contribution in [0.5, 0.6) is 0 Å². The quantitative estimate of drug-likeness (QED) is 0.150. The molecule has 360 valence electrons. The van der Waals surface area contributed by atoms with Gasteiger partial charge in [0.2, 0.25) is 0 Å². The number of hydrogen-bond acceptors (Lipinski definition) is 4. The van der Waals surface area contributed by atoms with E-state index < -0.39 is 5.41 Å². The molecule has 0 amide bonds. The van der Waals surface area contributed by atoms with Gasteiger partial charge in [-0.3, -0.25) is 0 Å². The highest BCUT2D eigenvalue weighted by atomic mass is 32.1. The van der Waals surface area contributed by atoms with E-state index in [1.807, 2.05) is 22.7 Å². The van der Waals surface area contributed by atoms with Gasteiger partial charge >= 0.3 is 0 Å². The SMILES string of the molecule is CC(C)c1cccc(N(c2ccc3c(c2)C2(c4cc(N(c5cccc(C(C)C)c5)c5cccc6c5sc5ccccc56)ccc4-3)c3ccccc3C(C)(C)c3ccccc32)c2cccc3c4c(sc23)CCC=C4)c1. The van der Waals surface area contributed by atoms with Crippen molar-refractivity contribution in [3.8, 4) is 11.1 Å². The summed E-state index contributed by atoms with van der Waals surface area (Å²) in [6.45, 7) is 14.1. The number of hydrogen-bond donors (Lipinski definition) is 0. The Morgan fingerprint density at radius 3 is 1.50 bits per heavy atom. The predicted octanol–water partition coefficient (Wildman–Crippen LogP) is 20.4. The summed E-state index contributed by atoms with van der Waals surface area (Å²) in [6.07, 6.45) is 6.89. The number of thiophene rings is 2. The van der Waals surface area contributed by atoms with Gasteiger partial charge in [0.15, 0.2) is 0 Å². The summed E-state index contributed by atoms with van der Waals surface area (Å²) >= 11 is 3.88. The van der Waals surface area contributed by atoms with Crippen LogP contribution in [-0.2, 0) is 17.3 Å². The Bertz CT molecular complexity index is 4050. The monoisotopic (exact) mass is 990 g/mol. The van der Waals surface area contributed by atoms with E-state index in [1.165, 1.54) is 113 Å². The lowest BCUT2D eigenvalue weighted by molar-refractivity contribution is 0.563. The number of aryl methyl sites for hydroxylation is 1. The zero-order valence-corrected chi connectivity index (χ0v) is 44.5. The van der Waals surface area contributed by atoms with E-state index in [0.717, 1.165) is 29.9 Å². The molecule has 1 spiro atoms. The maximum Gasteiger partial charge on any atom is 0.0721 e. The van der Waals surface area contributed by atoms with E-state index in [2.05, 4.69) is 258 Å². The van der Waals surface area contributed by atoms with Crippen LogP contribution in [0, 0.1) is 0 Å². The summed E-state index contributed by atoms with van der Waals surface area (Å²) in [5, 5.41) is 3.94. The van der Waals surface area contributed by atoms with Crippen molar-refractivity contribution in [3.05, 3.63) is 255 Å². The molecular weight excluding hydrogens is 933 g/mol. The summed E-state index contributed by atoms with van der Waals surface area (Å²) in [7, 11) is 0. The summed E-state index contributed by atoms with van der Waals surface area (Å²) in [5.74, 6) is 0.763. The minimum Gasteiger partial charge on any atom is -0.309 e. The van der Waals surface area contributed by atoms with Gasteiger partial charge in [-0.05, 0) is 153 Å². The standard InChI is InChI=1S/C70H58N2S2/c1-43(2)45-19-15-21-47(39-45)71(63-31-17-25-55-53-23-7-13-33-65(53)73-67(55)63)49-35-37-51-52-38-36-50(42-62(52)70(61(51)41-49)59-29-11-9-27-57(59)69(5,6)58-28-10-12-30-60(58)70)72(48-22-16-20-46(40-48)44(3)4)64-32-18-26-56-54-24-8-14-34-66(54)74-68(56)64/h7-13,15-33,35-44H,14,34H2,1-6H3. The number of anilines is 6. The molecule has 3 aliphatic rings. The number of allylic oxidation sites excluding steroid dienone is 1. The van der Waals surface area contributed by atoms with E-state index in [9.17, 15) is 0 Å². The molecule has 0 fully saturated rings. The smallest absolute Gasteiger partial charge is 0.0721 e. The Labute approximate surface area is 443 Å². The topological polar surface area (TPSA) is 6.48 Å². The van der Waals surface area contributed by atoms with Gasteiger partial charge < -0.3 is 9.80 Å². The molecule has 2 nitrogen and oxygen atoms in total. The minimum atomic E-state index is -0.640. The molecule has 11 aromatic rings. The number of benzene rings is 9. The molecule has 0 saturated carbocycles. The number of rotatable bonds is 8. The van der Waals surface area contributed by atoms with Gasteiger partial charge in [-0.2, -0.15) is 0 Å². The van der Waals surface area contributed by atoms with Crippen LogP contribution in [0.3, 0.4) is 0 Å². The van der Waals surface area contributed by atoms with Crippen LogP contribution in [0.2, 0.25) is 0 Å². The maximum absolute atomic E-state index is 2.58. The van der Waals surface area contributed by atoms with Crippen LogP contribution in [0.4, 0.5) is 34.1 Å². The molecule has 0 N–H and O–H groups in total. The van der Waals surface area contributed by atoms with E-state index in [4.69, 9.17) is 0 Å². The zero-order chi connectivity index (χ0) is 50.0. The fourth-order valence-corrected chi connectivity index (χ4v) is 15.6. The third-order valence-electron chi connectivity index (χ3n) is 16.7.